The second-order valence-electron chi connectivity index (χ2n) is 3.82. The Balaban J connectivity index is 0.000000399. The first kappa shape index (κ1) is 18.7. The van der Waals surface area contributed by atoms with Gasteiger partial charge < -0.3 is 24.7 Å². The number of hydrogen-bond acceptors (Lipinski definition) is 6. The summed E-state index contributed by atoms with van der Waals surface area (Å²) in [6.45, 7) is 4.15. The maximum Gasteiger partial charge on any atom is 0.334 e. The Kier molecular flexibility index (Phi) is 10.3. The lowest BCUT2D eigenvalue weighted by molar-refractivity contribution is 0.324. The van der Waals surface area contributed by atoms with E-state index >= 15 is 0 Å². The lowest BCUT2D eigenvalue weighted by Gasteiger charge is -2.03. The largest absolute Gasteiger partial charge is 0.508 e. The summed E-state index contributed by atoms with van der Waals surface area (Å²) in [6.07, 6.45) is 3.31. The third-order valence-corrected chi connectivity index (χ3v) is 3.36. The normalized spacial score (nSPS) is 10.5. The van der Waals surface area contributed by atoms with Crippen molar-refractivity contribution in [2.75, 3.05) is 0 Å². The summed E-state index contributed by atoms with van der Waals surface area (Å²) in [5.74, 6) is 0.448. The number of aryl methyl sites for hydroxylation is 2. The molecule has 0 saturated carbocycles. The van der Waals surface area contributed by atoms with E-state index in [4.69, 9.17) is 19.6 Å². The SMILES string of the molecule is CCCCc1ccc(C)cc1O.OP(O)OP(O)O. The Labute approximate surface area is 115 Å². The van der Waals surface area contributed by atoms with E-state index in [1.54, 1.807) is 0 Å². The summed E-state index contributed by atoms with van der Waals surface area (Å²) in [7, 11) is -5.22. The monoisotopic (exact) mass is 310 g/mol. The first-order valence-corrected chi connectivity index (χ1v) is 8.02. The number of rotatable bonds is 5. The zero-order valence-corrected chi connectivity index (χ0v) is 12.7. The Morgan fingerprint density at radius 3 is 2.05 bits per heavy atom. The van der Waals surface area contributed by atoms with Crippen LogP contribution in [0.25, 0.3) is 0 Å². The van der Waals surface area contributed by atoms with Gasteiger partial charge in [0.25, 0.3) is 0 Å². The molecule has 0 unspecified atom stereocenters. The van der Waals surface area contributed by atoms with E-state index in [-0.39, 0.29) is 0 Å². The van der Waals surface area contributed by atoms with Crippen LogP contribution in [-0.2, 0) is 10.7 Å². The minimum atomic E-state index is -2.61. The van der Waals surface area contributed by atoms with Crippen LogP contribution in [0.1, 0.15) is 30.9 Å². The summed E-state index contributed by atoms with van der Waals surface area (Å²) >= 11 is 0. The summed E-state index contributed by atoms with van der Waals surface area (Å²) in [6, 6.07) is 5.88. The number of aromatic hydroxyl groups is 1. The van der Waals surface area contributed by atoms with E-state index in [9.17, 15) is 5.11 Å². The molecule has 0 aliphatic rings. The molecule has 0 radical (unpaired) electrons. The molecule has 0 amide bonds. The zero-order valence-electron chi connectivity index (χ0n) is 10.9. The van der Waals surface area contributed by atoms with Gasteiger partial charge in [0.1, 0.15) is 5.75 Å². The molecule has 0 heterocycles. The topological polar surface area (TPSA) is 110 Å². The molecule has 1 aromatic rings. The van der Waals surface area contributed by atoms with Crippen LogP contribution in [0, 0.1) is 6.92 Å². The maximum atomic E-state index is 9.52. The van der Waals surface area contributed by atoms with Crippen molar-refractivity contribution in [3.63, 3.8) is 0 Å². The average Bonchev–Trinajstić information content (AvgIpc) is 2.27. The minimum absolute atomic E-state index is 0.448. The number of phenols is 1. The summed E-state index contributed by atoms with van der Waals surface area (Å²) in [5.41, 5.74) is 2.19. The molecule has 5 N–H and O–H groups in total. The van der Waals surface area contributed by atoms with Gasteiger partial charge in [-0.2, -0.15) is 0 Å². The van der Waals surface area contributed by atoms with Gasteiger partial charge >= 0.3 is 17.2 Å². The molecule has 0 aromatic heterocycles. The average molecular weight is 310 g/mol. The van der Waals surface area contributed by atoms with E-state index in [0.717, 1.165) is 24.0 Å². The first-order valence-electron chi connectivity index (χ1n) is 5.69. The minimum Gasteiger partial charge on any atom is -0.508 e. The van der Waals surface area contributed by atoms with Crippen molar-refractivity contribution >= 4 is 17.2 Å². The van der Waals surface area contributed by atoms with Crippen molar-refractivity contribution in [2.24, 2.45) is 0 Å². The lowest BCUT2D eigenvalue weighted by Crippen LogP contribution is -1.85. The molecule has 0 atom stereocenters. The van der Waals surface area contributed by atoms with Crippen molar-refractivity contribution < 1.29 is 29.0 Å². The van der Waals surface area contributed by atoms with Gasteiger partial charge in [-0.1, -0.05) is 25.5 Å². The Hall–Kier alpha value is -0.320. The first-order chi connectivity index (χ1) is 8.86. The number of benzene rings is 1. The van der Waals surface area contributed by atoms with E-state index < -0.39 is 17.2 Å². The van der Waals surface area contributed by atoms with Crippen LogP contribution < -0.4 is 0 Å². The third-order valence-electron chi connectivity index (χ3n) is 2.19. The van der Waals surface area contributed by atoms with Crippen LogP contribution in [0.15, 0.2) is 18.2 Å². The van der Waals surface area contributed by atoms with Crippen LogP contribution in [0.4, 0.5) is 0 Å². The highest BCUT2D eigenvalue weighted by atomic mass is 31.2. The van der Waals surface area contributed by atoms with Gasteiger partial charge in [0, 0.05) is 0 Å². The molecule has 0 bridgehead atoms. The smallest absolute Gasteiger partial charge is 0.334 e. The molecule has 6 nitrogen and oxygen atoms in total. The van der Waals surface area contributed by atoms with E-state index in [0.29, 0.717) is 5.75 Å². The van der Waals surface area contributed by atoms with Gasteiger partial charge in [-0.25, -0.2) is 4.31 Å². The Morgan fingerprint density at radius 2 is 1.68 bits per heavy atom. The predicted molar refractivity (Wildman–Crippen MR) is 75.3 cm³/mol. The number of phenolic OH excluding ortho intramolecular Hbond substituents is 1. The quantitative estimate of drug-likeness (QED) is 0.534. The highest BCUT2D eigenvalue weighted by Crippen LogP contribution is 2.41. The fourth-order valence-electron chi connectivity index (χ4n) is 1.32. The van der Waals surface area contributed by atoms with Crippen molar-refractivity contribution in [2.45, 2.75) is 33.1 Å². The molecule has 0 fully saturated rings. The molecule has 1 aromatic carbocycles. The second-order valence-corrected chi connectivity index (χ2v) is 5.49. The van der Waals surface area contributed by atoms with Crippen LogP contribution in [0.3, 0.4) is 0 Å². The standard InChI is InChI=1S/C11H16O.H4O5P2/c1-3-4-5-10-7-6-9(2)8-11(10)12;1-6(2)5-7(3)4/h6-8,12H,3-5H2,1-2H3;1-4H. The summed E-state index contributed by atoms with van der Waals surface area (Å²) < 4.78 is 3.60. The molecule has 8 heteroatoms. The second kappa shape index (κ2) is 10.5. The van der Waals surface area contributed by atoms with Gasteiger partial charge in [0.2, 0.25) is 0 Å². The Morgan fingerprint density at radius 1 is 1.11 bits per heavy atom. The van der Waals surface area contributed by atoms with Gasteiger partial charge in [-0.15, -0.1) is 0 Å². The van der Waals surface area contributed by atoms with E-state index in [1.807, 2.05) is 25.1 Å². The van der Waals surface area contributed by atoms with Crippen LogP contribution >= 0.6 is 17.2 Å². The molecule has 1 rings (SSSR count). The van der Waals surface area contributed by atoms with Gasteiger partial charge in [0.05, 0.1) is 0 Å². The zero-order chi connectivity index (χ0) is 14.8. The molecule has 0 spiro atoms. The lowest BCUT2D eigenvalue weighted by atomic mass is 10.1. The van der Waals surface area contributed by atoms with Crippen LogP contribution in [-0.4, -0.2) is 24.7 Å². The predicted octanol–water partition coefficient (Wildman–Crippen LogP) is 2.47. The van der Waals surface area contributed by atoms with Crippen LogP contribution in [0.5, 0.6) is 5.75 Å². The summed E-state index contributed by atoms with van der Waals surface area (Å²) in [5, 5.41) is 9.52. The molecule has 19 heavy (non-hydrogen) atoms. The molecule has 0 aliphatic carbocycles. The van der Waals surface area contributed by atoms with Gasteiger partial charge in [-0.05, 0) is 37.0 Å². The number of unbranched alkanes of at least 4 members (excludes halogenated alkanes) is 1. The number of hydrogen-bond donors (Lipinski definition) is 5. The van der Waals surface area contributed by atoms with Crippen molar-refractivity contribution in [1.29, 1.82) is 0 Å². The fraction of sp³-hybridized carbons (Fsp3) is 0.455. The molecule has 0 saturated heterocycles. The molecule has 110 valence electrons. The van der Waals surface area contributed by atoms with Gasteiger partial charge in [-0.3, -0.25) is 0 Å². The van der Waals surface area contributed by atoms with Crippen molar-refractivity contribution in [1.82, 2.24) is 0 Å². The maximum absolute atomic E-state index is 9.52. The highest BCUT2D eigenvalue weighted by Gasteiger charge is 2.05. The Bertz CT molecular complexity index is 353. The van der Waals surface area contributed by atoms with Gasteiger partial charge in [0.15, 0.2) is 0 Å². The van der Waals surface area contributed by atoms with Crippen molar-refractivity contribution in [3.8, 4) is 5.75 Å². The van der Waals surface area contributed by atoms with E-state index in [1.165, 1.54) is 6.42 Å². The van der Waals surface area contributed by atoms with Crippen molar-refractivity contribution in [3.05, 3.63) is 29.3 Å². The highest BCUT2D eigenvalue weighted by molar-refractivity contribution is 7.53. The summed E-state index contributed by atoms with van der Waals surface area (Å²) in [4.78, 5) is 31.3. The van der Waals surface area contributed by atoms with E-state index in [2.05, 4.69) is 11.2 Å². The fourth-order valence-corrected chi connectivity index (χ4v) is 1.84. The van der Waals surface area contributed by atoms with Crippen LogP contribution in [0.2, 0.25) is 0 Å². The molecular weight excluding hydrogens is 290 g/mol. The molecule has 0 aliphatic heterocycles. The third kappa shape index (κ3) is 10.2. The molecular formula is C11H20O6P2.